The highest BCUT2D eigenvalue weighted by Gasteiger charge is 2.41. The Morgan fingerprint density at radius 3 is 2.42 bits per heavy atom. The zero-order valence-corrected chi connectivity index (χ0v) is 29.1. The maximum Gasteiger partial charge on any atom is 0.271 e. The van der Waals surface area contributed by atoms with Crippen LogP contribution in [0.25, 0.3) is 0 Å². The van der Waals surface area contributed by atoms with Crippen LogP contribution in [0.4, 0.5) is 0 Å². The first-order valence-corrected chi connectivity index (χ1v) is 18.2. The van der Waals surface area contributed by atoms with Crippen LogP contribution in [0.5, 0.6) is 0 Å². The number of fused-ring (bicyclic) bond motifs is 4. The van der Waals surface area contributed by atoms with E-state index in [1.54, 1.807) is 12.3 Å². The summed E-state index contributed by atoms with van der Waals surface area (Å²) in [6.45, 7) is 7.42. The van der Waals surface area contributed by atoms with Crippen molar-refractivity contribution in [2.45, 2.75) is 95.7 Å². The fraction of sp³-hybridized carbons (Fsp3) is 0.545. The quantitative estimate of drug-likeness (QED) is 0.312. The van der Waals surface area contributed by atoms with Gasteiger partial charge in [0.15, 0.2) is 0 Å². The first-order chi connectivity index (χ1) is 23.0. The van der Waals surface area contributed by atoms with Gasteiger partial charge >= 0.3 is 0 Å². The second-order valence-electron chi connectivity index (χ2n) is 12.6. The third-order valence-electron chi connectivity index (χ3n) is 9.02. The number of thiazole rings is 1. The molecule has 8 unspecified atom stereocenters. The Labute approximate surface area is 288 Å². The second-order valence-corrected chi connectivity index (χ2v) is 14.5. The highest BCUT2D eigenvalue weighted by atomic mass is 32.2. The van der Waals surface area contributed by atoms with Gasteiger partial charge in [0, 0.05) is 24.1 Å². The molecule has 5 amide bonds. The van der Waals surface area contributed by atoms with Gasteiger partial charge in [-0.05, 0) is 38.2 Å². The minimum absolute atomic E-state index is 0.0591. The number of amides is 5. The van der Waals surface area contributed by atoms with Crippen molar-refractivity contribution in [3.05, 3.63) is 52.0 Å². The molecule has 5 rings (SSSR count). The molecule has 1 saturated heterocycles. The first kappa shape index (κ1) is 35.5. The summed E-state index contributed by atoms with van der Waals surface area (Å²) in [5.41, 5.74) is 0.927. The Hall–Kier alpha value is -3.82. The molecule has 15 heteroatoms. The summed E-state index contributed by atoms with van der Waals surface area (Å²) >= 11 is 2.61. The van der Waals surface area contributed by atoms with Crippen molar-refractivity contribution in [1.29, 1.82) is 0 Å². The van der Waals surface area contributed by atoms with E-state index in [9.17, 15) is 29.1 Å². The summed E-state index contributed by atoms with van der Waals surface area (Å²) < 4.78 is 0. The number of benzene rings is 1. The molecule has 1 aromatic carbocycles. The summed E-state index contributed by atoms with van der Waals surface area (Å²) in [5.74, 6) is -2.14. The van der Waals surface area contributed by atoms with E-state index in [1.807, 2.05) is 44.2 Å². The topological polar surface area (TPSA) is 182 Å². The lowest BCUT2D eigenvalue weighted by Crippen LogP contribution is -2.60. The molecule has 2 aromatic rings. The van der Waals surface area contributed by atoms with Crippen molar-refractivity contribution in [3.8, 4) is 0 Å². The van der Waals surface area contributed by atoms with E-state index in [0.29, 0.717) is 35.1 Å². The van der Waals surface area contributed by atoms with Crippen LogP contribution in [0.2, 0.25) is 0 Å². The molecule has 3 aliphatic rings. The summed E-state index contributed by atoms with van der Waals surface area (Å²) in [6.07, 6.45) is 0.541. The number of nitrogens with zero attached hydrogens (tertiary/aromatic N) is 3. The molecule has 1 aromatic heterocycles. The van der Waals surface area contributed by atoms with E-state index in [-0.39, 0.29) is 30.5 Å². The van der Waals surface area contributed by atoms with Crippen molar-refractivity contribution in [1.82, 2.24) is 31.2 Å². The van der Waals surface area contributed by atoms with Crippen molar-refractivity contribution >= 4 is 57.7 Å². The summed E-state index contributed by atoms with van der Waals surface area (Å²) in [4.78, 5) is 78.9. The van der Waals surface area contributed by atoms with Crippen molar-refractivity contribution in [2.75, 3.05) is 12.3 Å². The van der Waals surface area contributed by atoms with Gasteiger partial charge in [-0.2, -0.15) is 0 Å². The highest BCUT2D eigenvalue weighted by Crippen LogP contribution is 2.27. The lowest BCUT2D eigenvalue weighted by molar-refractivity contribution is -0.141. The van der Waals surface area contributed by atoms with Gasteiger partial charge in [-0.3, -0.25) is 29.0 Å². The number of aliphatic imine (C=N–C) groups is 1. The fourth-order valence-corrected chi connectivity index (χ4v) is 8.06. The molecule has 0 radical (unpaired) electrons. The molecule has 8 atom stereocenters. The van der Waals surface area contributed by atoms with Gasteiger partial charge in [0.1, 0.15) is 34.9 Å². The van der Waals surface area contributed by atoms with Crippen LogP contribution in [0.1, 0.15) is 74.1 Å². The predicted octanol–water partition coefficient (Wildman–Crippen LogP) is 1.58. The smallest absolute Gasteiger partial charge is 0.271 e. The molecule has 48 heavy (non-hydrogen) atoms. The normalized spacial score (nSPS) is 28.6. The molecular weight excluding hydrogens is 655 g/mol. The number of aliphatic hydroxyl groups excluding tert-OH is 1. The van der Waals surface area contributed by atoms with Crippen LogP contribution in [-0.2, 0) is 25.6 Å². The number of thioether (sulfide) groups is 1. The molecule has 5 N–H and O–H groups in total. The maximum atomic E-state index is 14.1. The minimum atomic E-state index is -1.30. The van der Waals surface area contributed by atoms with Crippen molar-refractivity contribution < 1.29 is 29.1 Å². The van der Waals surface area contributed by atoms with Gasteiger partial charge in [0.25, 0.3) is 5.91 Å². The summed E-state index contributed by atoms with van der Waals surface area (Å²) in [7, 11) is 0. The van der Waals surface area contributed by atoms with Crippen LogP contribution < -0.4 is 21.3 Å². The van der Waals surface area contributed by atoms with Gasteiger partial charge in [-0.15, -0.1) is 23.1 Å². The zero-order valence-electron chi connectivity index (χ0n) is 27.5. The van der Waals surface area contributed by atoms with Gasteiger partial charge in [0.2, 0.25) is 23.6 Å². The number of hydrogen-bond acceptors (Lipinski definition) is 10. The summed E-state index contributed by atoms with van der Waals surface area (Å²) in [5, 5.41) is 24.8. The van der Waals surface area contributed by atoms with Crippen LogP contribution in [0.15, 0.2) is 40.7 Å². The monoisotopic (exact) mass is 697 g/mol. The van der Waals surface area contributed by atoms with Gasteiger partial charge in [-0.1, -0.05) is 50.6 Å². The third-order valence-corrected chi connectivity index (χ3v) is 11.2. The van der Waals surface area contributed by atoms with Gasteiger partial charge in [-0.25, -0.2) is 4.98 Å². The molecule has 13 nitrogen and oxygen atoms in total. The molecule has 4 heterocycles. The van der Waals surface area contributed by atoms with E-state index in [1.165, 1.54) is 34.9 Å². The van der Waals surface area contributed by atoms with E-state index < -0.39 is 66.0 Å². The number of carbonyl (C=O) groups excluding carboxylic acids is 5. The van der Waals surface area contributed by atoms with E-state index >= 15 is 0 Å². The number of aromatic nitrogens is 1. The Morgan fingerprint density at radius 2 is 1.71 bits per heavy atom. The van der Waals surface area contributed by atoms with Crippen LogP contribution in [-0.4, -0.2) is 98.2 Å². The molecule has 0 saturated carbocycles. The van der Waals surface area contributed by atoms with E-state index in [2.05, 4.69) is 31.2 Å². The molecule has 1 fully saturated rings. The van der Waals surface area contributed by atoms with E-state index in [4.69, 9.17) is 0 Å². The van der Waals surface area contributed by atoms with Crippen LogP contribution in [0, 0.1) is 5.92 Å². The number of hydrogen-bond donors (Lipinski definition) is 5. The number of carbonyl (C=O) groups is 5. The Kier molecular flexibility index (Phi) is 11.5. The lowest BCUT2D eigenvalue weighted by atomic mass is 9.99. The first-order valence-electron chi connectivity index (χ1n) is 16.4. The second kappa shape index (κ2) is 15.6. The molecular formula is C33H43N7O6S2. The lowest BCUT2D eigenvalue weighted by Gasteiger charge is -2.31. The zero-order chi connectivity index (χ0) is 34.5. The Balaban J connectivity index is 1.50. The van der Waals surface area contributed by atoms with Crippen molar-refractivity contribution in [2.24, 2.45) is 10.9 Å². The van der Waals surface area contributed by atoms with Crippen LogP contribution in [0.3, 0.4) is 0 Å². The SMILES string of the molecule is CCC(C)C1NC(=O)C(C(C)O)NC(=O)C2CCCN2C(=O)C(Cc2ccccc2)NC(=O)c2csc(n2)C(C)NC(=O)C2CSC1=N2. The highest BCUT2D eigenvalue weighted by molar-refractivity contribution is 8.14. The number of nitrogens with one attached hydrogen (secondary N) is 4. The summed E-state index contributed by atoms with van der Waals surface area (Å²) in [6, 6.07) is 4.28. The molecule has 0 aliphatic carbocycles. The molecule has 4 bridgehead atoms. The van der Waals surface area contributed by atoms with Gasteiger partial charge in [0.05, 0.1) is 23.2 Å². The van der Waals surface area contributed by atoms with Crippen molar-refractivity contribution in [3.63, 3.8) is 0 Å². The molecule has 3 aliphatic heterocycles. The average Bonchev–Trinajstić information content (AvgIpc) is 3.86. The minimum Gasteiger partial charge on any atom is -0.391 e. The Bertz CT molecular complexity index is 1550. The maximum absolute atomic E-state index is 14.1. The number of rotatable bonds is 5. The molecule has 0 spiro atoms. The average molecular weight is 698 g/mol. The van der Waals surface area contributed by atoms with Crippen LogP contribution >= 0.6 is 23.1 Å². The number of aliphatic hydroxyl groups is 1. The van der Waals surface area contributed by atoms with E-state index in [0.717, 1.165) is 5.56 Å². The van der Waals surface area contributed by atoms with Gasteiger partial charge < -0.3 is 31.3 Å². The fourth-order valence-electron chi connectivity index (χ4n) is 6.03. The Morgan fingerprint density at radius 1 is 0.979 bits per heavy atom. The third kappa shape index (κ3) is 8.06. The molecule has 258 valence electrons. The largest absolute Gasteiger partial charge is 0.391 e. The standard InChI is InChI=1S/C33H43N7O6S2/c1-5-17(2)25-32-37-22(16-48-32)27(42)34-18(3)31-36-23(15-47-31)28(43)35-21(14-20-10-7-6-8-11-20)33(46)40-13-9-12-24(40)29(44)39-26(19(4)41)30(45)38-25/h6-8,10-11,15,17-19,21-22,24-26,41H,5,9,12-14,16H2,1-4H3,(H,34,42)(H,35,43)(H,38,45)(H,39,44). The predicted molar refractivity (Wildman–Crippen MR) is 183 cm³/mol.